The van der Waals surface area contributed by atoms with E-state index in [0.717, 1.165) is 13.1 Å². The van der Waals surface area contributed by atoms with Crippen LogP contribution in [0.2, 0.25) is 0 Å². The zero-order valence-electron chi connectivity index (χ0n) is 5.94. The Morgan fingerprint density at radius 2 is 2.50 bits per heavy atom. The van der Waals surface area contributed by atoms with E-state index in [4.69, 9.17) is 0 Å². The van der Waals surface area contributed by atoms with Crippen LogP contribution in [0.3, 0.4) is 0 Å². The summed E-state index contributed by atoms with van der Waals surface area (Å²) in [5, 5.41) is 4.18. The van der Waals surface area contributed by atoms with Crippen LogP contribution in [0.4, 0.5) is 0 Å². The van der Waals surface area contributed by atoms with Crippen molar-refractivity contribution in [3.8, 4) is 0 Å². The summed E-state index contributed by atoms with van der Waals surface area (Å²) in [6, 6.07) is 0. The lowest BCUT2D eigenvalue weighted by Crippen LogP contribution is -2.44. The van der Waals surface area contributed by atoms with Crippen LogP contribution in [-0.4, -0.2) is 48.9 Å². The van der Waals surface area contributed by atoms with Crippen molar-refractivity contribution in [3.63, 3.8) is 0 Å². The number of hydrogen-bond acceptors (Lipinski definition) is 4. The van der Waals surface area contributed by atoms with Gasteiger partial charge in [-0.15, -0.1) is 0 Å². The van der Waals surface area contributed by atoms with Gasteiger partial charge in [-0.2, -0.15) is 5.01 Å². The highest BCUT2D eigenvalue weighted by Crippen LogP contribution is 2.10. The van der Waals surface area contributed by atoms with E-state index in [-0.39, 0.29) is 6.17 Å². The van der Waals surface area contributed by atoms with E-state index in [1.165, 1.54) is 0 Å². The number of rotatable bonds is 0. The van der Waals surface area contributed by atoms with Crippen molar-refractivity contribution in [3.05, 3.63) is 0 Å². The molecule has 0 N–H and O–H groups in total. The molecule has 1 atom stereocenters. The van der Waals surface area contributed by atoms with Gasteiger partial charge in [0.05, 0.1) is 6.54 Å². The Kier molecular flexibility index (Phi) is 1.20. The van der Waals surface area contributed by atoms with E-state index in [1.807, 2.05) is 24.6 Å². The third kappa shape index (κ3) is 0.724. The van der Waals surface area contributed by atoms with Gasteiger partial charge in [0.15, 0.2) is 6.17 Å². The van der Waals surface area contributed by atoms with Crippen molar-refractivity contribution in [2.75, 3.05) is 20.1 Å². The molecule has 0 saturated heterocycles. The maximum atomic E-state index is 4.22. The van der Waals surface area contributed by atoms with E-state index >= 15 is 0 Å². The Morgan fingerprint density at radius 1 is 1.60 bits per heavy atom. The number of aliphatic imine (C=N–C) groups is 2. The average molecular weight is 138 g/mol. The van der Waals surface area contributed by atoms with Crippen molar-refractivity contribution in [2.45, 2.75) is 6.17 Å². The SMILES string of the molecule is CN1C=NC2C=NCCN21. The van der Waals surface area contributed by atoms with Gasteiger partial charge in [0.1, 0.15) is 6.34 Å². The average Bonchev–Trinajstić information content (AvgIpc) is 2.34. The van der Waals surface area contributed by atoms with E-state index in [9.17, 15) is 0 Å². The molecule has 4 heteroatoms. The van der Waals surface area contributed by atoms with Gasteiger partial charge in [0.25, 0.3) is 0 Å². The summed E-state index contributed by atoms with van der Waals surface area (Å²) in [5.74, 6) is 0. The van der Waals surface area contributed by atoms with Crippen molar-refractivity contribution in [1.82, 2.24) is 10.0 Å². The molecule has 0 aromatic heterocycles. The van der Waals surface area contributed by atoms with Crippen LogP contribution in [0.1, 0.15) is 0 Å². The molecule has 0 bridgehead atoms. The van der Waals surface area contributed by atoms with Crippen LogP contribution in [0.25, 0.3) is 0 Å². The summed E-state index contributed by atoms with van der Waals surface area (Å²) in [7, 11) is 2.00. The van der Waals surface area contributed by atoms with E-state index in [2.05, 4.69) is 15.0 Å². The fraction of sp³-hybridized carbons (Fsp3) is 0.667. The molecular formula is C6H10N4. The molecule has 4 nitrogen and oxygen atoms in total. The number of hydrazine groups is 1. The Bertz CT molecular complexity index is 186. The van der Waals surface area contributed by atoms with Gasteiger partial charge in [-0.25, -0.2) is 4.99 Å². The van der Waals surface area contributed by atoms with Gasteiger partial charge in [0, 0.05) is 19.8 Å². The predicted octanol–water partition coefficient (Wildman–Crippen LogP) is -0.412. The number of fused-ring (bicyclic) bond motifs is 1. The monoisotopic (exact) mass is 138 g/mol. The fourth-order valence-corrected chi connectivity index (χ4v) is 1.23. The summed E-state index contributed by atoms with van der Waals surface area (Å²) in [6.45, 7) is 1.88. The minimum Gasteiger partial charge on any atom is -0.297 e. The van der Waals surface area contributed by atoms with Crippen molar-refractivity contribution >= 4 is 12.6 Å². The second-order valence-electron chi connectivity index (χ2n) is 2.47. The van der Waals surface area contributed by atoms with Crippen LogP contribution < -0.4 is 0 Å². The molecule has 2 heterocycles. The summed E-state index contributed by atoms with van der Waals surface area (Å²) in [6.07, 6.45) is 3.91. The van der Waals surface area contributed by atoms with Crippen LogP contribution in [-0.2, 0) is 0 Å². The second-order valence-corrected chi connectivity index (χ2v) is 2.47. The topological polar surface area (TPSA) is 31.2 Å². The largest absolute Gasteiger partial charge is 0.297 e. The lowest BCUT2D eigenvalue weighted by Gasteiger charge is -2.28. The van der Waals surface area contributed by atoms with Crippen LogP contribution in [0.15, 0.2) is 9.98 Å². The summed E-state index contributed by atoms with van der Waals surface area (Å²) in [4.78, 5) is 8.36. The normalized spacial score (nSPS) is 31.3. The van der Waals surface area contributed by atoms with Crippen LogP contribution in [0, 0.1) is 0 Å². The smallest absolute Gasteiger partial charge is 0.156 e. The van der Waals surface area contributed by atoms with Crippen molar-refractivity contribution < 1.29 is 0 Å². The molecule has 0 aromatic carbocycles. The lowest BCUT2D eigenvalue weighted by molar-refractivity contribution is 0.0788. The molecule has 0 radical (unpaired) electrons. The molecule has 0 aromatic rings. The lowest BCUT2D eigenvalue weighted by atomic mass is 10.4. The highest BCUT2D eigenvalue weighted by molar-refractivity contribution is 5.71. The molecule has 2 aliphatic heterocycles. The second kappa shape index (κ2) is 2.05. The summed E-state index contributed by atoms with van der Waals surface area (Å²) >= 11 is 0. The Hall–Kier alpha value is -0.900. The number of hydrogen-bond donors (Lipinski definition) is 0. The predicted molar refractivity (Wildman–Crippen MR) is 40.1 cm³/mol. The third-order valence-corrected chi connectivity index (χ3v) is 1.79. The molecule has 2 aliphatic rings. The van der Waals surface area contributed by atoms with Crippen molar-refractivity contribution in [1.29, 1.82) is 0 Å². The first-order chi connectivity index (χ1) is 4.88. The zero-order valence-corrected chi connectivity index (χ0v) is 5.94. The van der Waals surface area contributed by atoms with Gasteiger partial charge in [-0.05, 0) is 0 Å². The van der Waals surface area contributed by atoms with Gasteiger partial charge in [-0.3, -0.25) is 10.0 Å². The van der Waals surface area contributed by atoms with Crippen molar-refractivity contribution in [2.24, 2.45) is 9.98 Å². The summed E-state index contributed by atoms with van der Waals surface area (Å²) in [5.41, 5.74) is 0. The summed E-state index contributed by atoms with van der Waals surface area (Å²) < 4.78 is 0. The fourth-order valence-electron chi connectivity index (χ4n) is 1.23. The molecule has 2 rings (SSSR count). The standard InChI is InChI=1S/C6H10N4/c1-9-5-8-6-4-7-2-3-10(6)9/h4-6H,2-3H2,1H3. The Balaban J connectivity index is 2.18. The Labute approximate surface area is 59.8 Å². The first kappa shape index (κ1) is 5.85. The minimum absolute atomic E-state index is 0.179. The van der Waals surface area contributed by atoms with E-state index in [0.29, 0.717) is 0 Å². The first-order valence-electron chi connectivity index (χ1n) is 3.40. The minimum atomic E-state index is 0.179. The van der Waals surface area contributed by atoms with Gasteiger partial charge in [0.2, 0.25) is 0 Å². The maximum absolute atomic E-state index is 4.22. The van der Waals surface area contributed by atoms with E-state index < -0.39 is 0 Å². The molecule has 0 spiro atoms. The molecule has 1 unspecified atom stereocenters. The zero-order chi connectivity index (χ0) is 6.97. The molecule has 0 fully saturated rings. The number of nitrogens with zero attached hydrogens (tertiary/aromatic N) is 4. The van der Waals surface area contributed by atoms with Gasteiger partial charge >= 0.3 is 0 Å². The van der Waals surface area contributed by atoms with Crippen LogP contribution in [0.5, 0.6) is 0 Å². The Morgan fingerprint density at radius 3 is 3.30 bits per heavy atom. The van der Waals surface area contributed by atoms with Crippen LogP contribution >= 0.6 is 0 Å². The van der Waals surface area contributed by atoms with Gasteiger partial charge in [-0.1, -0.05) is 0 Å². The molecule has 54 valence electrons. The highest BCUT2D eigenvalue weighted by Gasteiger charge is 2.24. The van der Waals surface area contributed by atoms with Gasteiger partial charge < -0.3 is 0 Å². The molecule has 10 heavy (non-hydrogen) atoms. The molecule has 0 saturated carbocycles. The molecular weight excluding hydrogens is 128 g/mol. The molecule has 0 aliphatic carbocycles. The van der Waals surface area contributed by atoms with E-state index in [1.54, 1.807) is 0 Å². The maximum Gasteiger partial charge on any atom is 0.156 e. The third-order valence-electron chi connectivity index (χ3n) is 1.79. The highest BCUT2D eigenvalue weighted by atomic mass is 15.7. The quantitative estimate of drug-likeness (QED) is 0.455. The first-order valence-corrected chi connectivity index (χ1v) is 3.40. The molecule has 0 amide bonds.